The highest BCUT2D eigenvalue weighted by Gasteiger charge is 2.09. The average Bonchev–Trinajstić information content (AvgIpc) is 3.14. The Bertz CT molecular complexity index is 597. The lowest BCUT2D eigenvalue weighted by atomic mass is 10.4. The van der Waals surface area contributed by atoms with Gasteiger partial charge in [-0.3, -0.25) is 9.59 Å². The SMILES string of the molecule is CCC(=O)Nc1nnc(SCC(=O)NCc2ccco2)s1. The highest BCUT2D eigenvalue weighted by Crippen LogP contribution is 2.25. The summed E-state index contributed by atoms with van der Waals surface area (Å²) in [4.78, 5) is 22.9. The van der Waals surface area contributed by atoms with Gasteiger partial charge in [0.25, 0.3) is 0 Å². The zero-order valence-electron chi connectivity index (χ0n) is 11.3. The molecular weight excluding hydrogens is 312 g/mol. The molecule has 0 unspecified atom stereocenters. The third-order valence-electron chi connectivity index (χ3n) is 2.34. The van der Waals surface area contributed by atoms with Crippen molar-refractivity contribution in [3.05, 3.63) is 24.2 Å². The monoisotopic (exact) mass is 326 g/mol. The number of anilines is 1. The highest BCUT2D eigenvalue weighted by atomic mass is 32.2. The molecule has 0 radical (unpaired) electrons. The van der Waals surface area contributed by atoms with E-state index in [1.54, 1.807) is 25.3 Å². The summed E-state index contributed by atoms with van der Waals surface area (Å²) in [7, 11) is 0. The topological polar surface area (TPSA) is 97.1 Å². The second-order valence-corrected chi connectivity index (χ2v) is 6.12. The first-order valence-corrected chi connectivity index (χ1v) is 8.03. The van der Waals surface area contributed by atoms with Crippen molar-refractivity contribution in [3.8, 4) is 0 Å². The third kappa shape index (κ3) is 5.20. The minimum atomic E-state index is -0.120. The van der Waals surface area contributed by atoms with Gasteiger partial charge in [-0.05, 0) is 12.1 Å². The minimum absolute atomic E-state index is 0.112. The number of hydrogen-bond acceptors (Lipinski definition) is 7. The van der Waals surface area contributed by atoms with Crippen LogP contribution in [0.1, 0.15) is 19.1 Å². The van der Waals surface area contributed by atoms with E-state index in [1.165, 1.54) is 23.1 Å². The van der Waals surface area contributed by atoms with E-state index in [2.05, 4.69) is 20.8 Å². The number of thioether (sulfide) groups is 1. The second-order valence-electron chi connectivity index (χ2n) is 3.92. The van der Waals surface area contributed by atoms with Gasteiger partial charge in [-0.1, -0.05) is 30.0 Å². The number of rotatable bonds is 7. The number of hydrogen-bond donors (Lipinski definition) is 2. The summed E-state index contributed by atoms with van der Waals surface area (Å²) in [5.74, 6) is 0.704. The van der Waals surface area contributed by atoms with Crippen LogP contribution in [0.4, 0.5) is 5.13 Å². The molecule has 9 heteroatoms. The second kappa shape index (κ2) is 7.79. The Balaban J connectivity index is 1.72. The molecular formula is C12H14N4O3S2. The fourth-order valence-corrected chi connectivity index (χ4v) is 2.90. The van der Waals surface area contributed by atoms with Crippen LogP contribution < -0.4 is 10.6 Å². The molecule has 112 valence electrons. The molecule has 0 fully saturated rings. The van der Waals surface area contributed by atoms with Crippen LogP contribution in [0.5, 0.6) is 0 Å². The first-order valence-electron chi connectivity index (χ1n) is 6.22. The van der Waals surface area contributed by atoms with Gasteiger partial charge in [0.2, 0.25) is 16.9 Å². The van der Waals surface area contributed by atoms with Crippen molar-refractivity contribution in [2.24, 2.45) is 0 Å². The Labute approximate surface area is 129 Å². The predicted octanol–water partition coefficient (Wildman–Crippen LogP) is 1.89. The van der Waals surface area contributed by atoms with Crippen LogP contribution in [0, 0.1) is 0 Å². The number of carbonyl (C=O) groups is 2. The number of amides is 2. The number of nitrogens with zero attached hydrogens (tertiary/aromatic N) is 2. The van der Waals surface area contributed by atoms with Crippen LogP contribution >= 0.6 is 23.1 Å². The first kappa shape index (κ1) is 15.5. The molecule has 0 saturated carbocycles. The quantitative estimate of drug-likeness (QED) is 0.596. The molecule has 0 spiro atoms. The fraction of sp³-hybridized carbons (Fsp3) is 0.333. The maximum Gasteiger partial charge on any atom is 0.230 e. The van der Waals surface area contributed by atoms with Crippen molar-refractivity contribution in [2.45, 2.75) is 24.2 Å². The van der Waals surface area contributed by atoms with Crippen molar-refractivity contribution in [3.63, 3.8) is 0 Å². The summed E-state index contributed by atoms with van der Waals surface area (Å²) >= 11 is 2.52. The Morgan fingerprint density at radius 3 is 2.95 bits per heavy atom. The summed E-state index contributed by atoms with van der Waals surface area (Å²) < 4.78 is 5.75. The Morgan fingerprint density at radius 1 is 1.38 bits per heavy atom. The van der Waals surface area contributed by atoms with Crippen molar-refractivity contribution in [2.75, 3.05) is 11.1 Å². The molecule has 2 aromatic rings. The van der Waals surface area contributed by atoms with E-state index in [0.717, 1.165) is 0 Å². The van der Waals surface area contributed by atoms with E-state index in [1.807, 2.05) is 0 Å². The van der Waals surface area contributed by atoms with E-state index < -0.39 is 0 Å². The van der Waals surface area contributed by atoms with Gasteiger partial charge in [-0.25, -0.2) is 0 Å². The number of aromatic nitrogens is 2. The van der Waals surface area contributed by atoms with E-state index >= 15 is 0 Å². The normalized spacial score (nSPS) is 10.3. The van der Waals surface area contributed by atoms with Crippen LogP contribution in [-0.4, -0.2) is 27.8 Å². The molecule has 0 aliphatic rings. The zero-order chi connectivity index (χ0) is 15.1. The molecule has 2 aromatic heterocycles. The molecule has 0 aliphatic carbocycles. The number of carbonyl (C=O) groups excluding carboxylic acids is 2. The van der Waals surface area contributed by atoms with Crippen molar-refractivity contribution in [1.82, 2.24) is 15.5 Å². The molecule has 0 aliphatic heterocycles. The lowest BCUT2D eigenvalue weighted by Gasteiger charge is -2.01. The smallest absolute Gasteiger partial charge is 0.230 e. The molecule has 0 bridgehead atoms. The predicted molar refractivity (Wildman–Crippen MR) is 80.1 cm³/mol. The van der Waals surface area contributed by atoms with Crippen molar-refractivity contribution in [1.29, 1.82) is 0 Å². The minimum Gasteiger partial charge on any atom is -0.467 e. The van der Waals surface area contributed by atoms with E-state index in [9.17, 15) is 9.59 Å². The molecule has 2 rings (SSSR count). The van der Waals surface area contributed by atoms with Crippen LogP contribution in [-0.2, 0) is 16.1 Å². The Hall–Kier alpha value is -1.87. The third-order valence-corrected chi connectivity index (χ3v) is 4.31. The summed E-state index contributed by atoms with van der Waals surface area (Å²) in [6, 6.07) is 3.56. The van der Waals surface area contributed by atoms with E-state index in [-0.39, 0.29) is 17.6 Å². The molecule has 2 heterocycles. The number of furan rings is 1. The summed E-state index contributed by atoms with van der Waals surface area (Å²) in [6.07, 6.45) is 1.95. The molecule has 21 heavy (non-hydrogen) atoms. The Morgan fingerprint density at radius 2 is 2.24 bits per heavy atom. The van der Waals surface area contributed by atoms with Gasteiger partial charge in [-0.2, -0.15) is 0 Å². The van der Waals surface area contributed by atoms with Gasteiger partial charge in [0.1, 0.15) is 5.76 Å². The molecule has 7 nitrogen and oxygen atoms in total. The lowest BCUT2D eigenvalue weighted by Crippen LogP contribution is -2.24. The van der Waals surface area contributed by atoms with Crippen LogP contribution in [0.25, 0.3) is 0 Å². The summed E-state index contributed by atoms with van der Waals surface area (Å²) in [6.45, 7) is 2.12. The Kier molecular flexibility index (Phi) is 5.76. The molecule has 0 atom stereocenters. The van der Waals surface area contributed by atoms with Gasteiger partial charge in [0, 0.05) is 6.42 Å². The fourth-order valence-electron chi connectivity index (χ4n) is 1.30. The molecule has 2 amide bonds. The van der Waals surface area contributed by atoms with E-state index in [4.69, 9.17) is 4.42 Å². The van der Waals surface area contributed by atoms with Crippen molar-refractivity contribution < 1.29 is 14.0 Å². The summed E-state index contributed by atoms with van der Waals surface area (Å²) in [5, 5.41) is 13.5. The van der Waals surface area contributed by atoms with E-state index in [0.29, 0.717) is 28.2 Å². The van der Waals surface area contributed by atoms with Gasteiger partial charge in [-0.15, -0.1) is 10.2 Å². The van der Waals surface area contributed by atoms with Gasteiger partial charge >= 0.3 is 0 Å². The standard InChI is InChI=1S/C12H14N4O3S2/c1-2-9(17)14-11-15-16-12(21-11)20-7-10(18)13-6-8-4-3-5-19-8/h3-5H,2,6-7H2,1H3,(H,13,18)(H,14,15,17). The van der Waals surface area contributed by atoms with Crippen molar-refractivity contribution >= 4 is 40.0 Å². The lowest BCUT2D eigenvalue weighted by molar-refractivity contribution is -0.119. The van der Waals surface area contributed by atoms with Crippen LogP contribution in [0.15, 0.2) is 27.2 Å². The summed E-state index contributed by atoms with van der Waals surface area (Å²) in [5.41, 5.74) is 0. The number of nitrogens with one attached hydrogen (secondary N) is 2. The van der Waals surface area contributed by atoms with Crippen LogP contribution in [0.2, 0.25) is 0 Å². The largest absolute Gasteiger partial charge is 0.467 e. The van der Waals surface area contributed by atoms with Gasteiger partial charge in [0.05, 0.1) is 18.6 Å². The maximum absolute atomic E-state index is 11.7. The molecule has 2 N–H and O–H groups in total. The molecule has 0 saturated heterocycles. The molecule has 0 aromatic carbocycles. The average molecular weight is 326 g/mol. The zero-order valence-corrected chi connectivity index (χ0v) is 12.9. The van der Waals surface area contributed by atoms with Crippen LogP contribution in [0.3, 0.4) is 0 Å². The van der Waals surface area contributed by atoms with Gasteiger partial charge < -0.3 is 15.1 Å². The maximum atomic E-state index is 11.7. The van der Waals surface area contributed by atoms with Gasteiger partial charge in [0.15, 0.2) is 4.34 Å². The first-order chi connectivity index (χ1) is 10.2. The highest BCUT2D eigenvalue weighted by molar-refractivity contribution is 8.01.